The molecule has 0 aromatic rings. The fraction of sp³-hybridized carbons (Fsp3) is 0.600. The van der Waals surface area contributed by atoms with Gasteiger partial charge in [-0.05, 0) is 0 Å². The van der Waals surface area contributed by atoms with E-state index in [4.69, 9.17) is 0 Å². The molecule has 0 unspecified atom stereocenters. The summed E-state index contributed by atoms with van der Waals surface area (Å²) in [5.41, 5.74) is 2.56. The van der Waals surface area contributed by atoms with Gasteiger partial charge in [-0.3, -0.25) is 0 Å². The number of allylic oxidation sites excluding steroid dienone is 4. The van der Waals surface area contributed by atoms with Crippen molar-refractivity contribution >= 4 is 19.7 Å². The minimum absolute atomic E-state index is 0.856. The molecule has 0 rings (SSSR count). The van der Waals surface area contributed by atoms with Crippen LogP contribution in [0.1, 0.15) is 27.7 Å². The fourth-order valence-electron chi connectivity index (χ4n) is 0.719. The van der Waals surface area contributed by atoms with Gasteiger partial charge in [-0.2, -0.15) is 0 Å². The zero-order valence-corrected chi connectivity index (χ0v) is 11.3. The van der Waals surface area contributed by atoms with Gasteiger partial charge >= 0.3 is 82.7 Å². The Balaban J connectivity index is 3.76. The van der Waals surface area contributed by atoms with Crippen LogP contribution < -0.4 is 0 Å². The van der Waals surface area contributed by atoms with E-state index in [0.29, 0.717) is 0 Å². The first-order valence-electron chi connectivity index (χ1n) is 4.31. The van der Waals surface area contributed by atoms with Crippen molar-refractivity contribution < 1.29 is 3.08 Å². The Hall–Kier alpha value is 0.0787. The van der Waals surface area contributed by atoms with Crippen molar-refractivity contribution in [1.29, 1.82) is 0 Å². The monoisotopic (exact) mass is 274 g/mol. The van der Waals surface area contributed by atoms with Crippen LogP contribution in [-0.2, 0) is 3.08 Å². The fourth-order valence-corrected chi connectivity index (χ4v) is 4.82. The van der Waals surface area contributed by atoms with Crippen LogP contribution in [0.15, 0.2) is 23.3 Å². The van der Waals surface area contributed by atoms with Gasteiger partial charge in [0.15, 0.2) is 0 Å². The van der Waals surface area contributed by atoms with Crippen LogP contribution in [0, 0.1) is 0 Å². The predicted octanol–water partition coefficient (Wildman–Crippen LogP) is 3.34. The Morgan fingerprint density at radius 2 is 1.33 bits per heavy atom. The van der Waals surface area contributed by atoms with Crippen molar-refractivity contribution in [3.63, 3.8) is 0 Å². The summed E-state index contributed by atoms with van der Waals surface area (Å²) in [6.45, 7) is 8.21. The van der Waals surface area contributed by atoms with E-state index in [9.17, 15) is 3.08 Å². The Kier molecular flexibility index (Phi) is 6.62. The van der Waals surface area contributed by atoms with Gasteiger partial charge in [-0.25, -0.2) is 0 Å². The van der Waals surface area contributed by atoms with E-state index < -0.39 is 19.7 Å². The van der Waals surface area contributed by atoms with Crippen LogP contribution in [0.2, 0.25) is 8.87 Å². The zero-order chi connectivity index (χ0) is 9.56. The van der Waals surface area contributed by atoms with Crippen LogP contribution in [-0.4, -0.2) is 19.7 Å². The van der Waals surface area contributed by atoms with Crippen LogP contribution in [0.4, 0.5) is 0 Å². The molecule has 0 heterocycles. The molecule has 0 amide bonds. The van der Waals surface area contributed by atoms with E-state index in [1.807, 2.05) is 0 Å². The molecule has 0 radical (unpaired) electrons. The maximum atomic E-state index is 11.4. The molecule has 0 saturated heterocycles. The molecule has 0 aliphatic heterocycles. The van der Waals surface area contributed by atoms with Gasteiger partial charge < -0.3 is 0 Å². The van der Waals surface area contributed by atoms with E-state index in [1.165, 1.54) is 11.1 Å². The molecular formula is C10H18OSn. The molecular weight excluding hydrogens is 255 g/mol. The SMILES string of the molecule is CC(C)=C[CH2][Sn](=[O])[CH2]C=C(C)C. The first kappa shape index (κ1) is 12.1. The van der Waals surface area contributed by atoms with Crippen molar-refractivity contribution in [2.24, 2.45) is 0 Å². The summed E-state index contributed by atoms with van der Waals surface area (Å²) in [4.78, 5) is 0. The summed E-state index contributed by atoms with van der Waals surface area (Å²) < 4.78 is 13.2. The maximum absolute atomic E-state index is 11.4. The third kappa shape index (κ3) is 8.18. The Morgan fingerprint density at radius 1 is 1.00 bits per heavy atom. The minimum atomic E-state index is -2.24. The topological polar surface area (TPSA) is 17.1 Å². The molecule has 68 valence electrons. The summed E-state index contributed by atoms with van der Waals surface area (Å²) in [7, 11) is 0. The molecule has 0 atom stereocenters. The van der Waals surface area contributed by atoms with E-state index in [2.05, 4.69) is 39.8 Å². The first-order chi connectivity index (χ1) is 5.52. The second kappa shape index (κ2) is 6.58. The average molecular weight is 273 g/mol. The standard InChI is InChI=1S/2C5H9.O.Sn/c2*1-4-5(2)3;;/h2*4H,1H2,2-3H3;;. The zero-order valence-electron chi connectivity index (χ0n) is 8.48. The molecule has 0 bridgehead atoms. The van der Waals surface area contributed by atoms with E-state index >= 15 is 0 Å². The van der Waals surface area contributed by atoms with Gasteiger partial charge in [0.1, 0.15) is 0 Å². The predicted molar refractivity (Wildman–Crippen MR) is 54.9 cm³/mol. The summed E-state index contributed by atoms with van der Waals surface area (Å²) in [5.74, 6) is 0. The summed E-state index contributed by atoms with van der Waals surface area (Å²) in [5, 5.41) is 0. The van der Waals surface area contributed by atoms with Crippen molar-refractivity contribution in [2.75, 3.05) is 0 Å². The molecule has 0 saturated carbocycles. The van der Waals surface area contributed by atoms with Crippen LogP contribution in [0.3, 0.4) is 0 Å². The van der Waals surface area contributed by atoms with E-state index in [-0.39, 0.29) is 0 Å². The Morgan fingerprint density at radius 3 is 1.58 bits per heavy atom. The van der Waals surface area contributed by atoms with Crippen molar-refractivity contribution in [2.45, 2.75) is 36.6 Å². The van der Waals surface area contributed by atoms with Crippen LogP contribution >= 0.6 is 0 Å². The summed E-state index contributed by atoms with van der Waals surface area (Å²) in [6.07, 6.45) is 4.20. The van der Waals surface area contributed by atoms with Gasteiger partial charge in [-0.15, -0.1) is 0 Å². The number of rotatable bonds is 4. The van der Waals surface area contributed by atoms with Crippen molar-refractivity contribution in [3.8, 4) is 0 Å². The normalized spacial score (nSPS) is 9.00. The quantitative estimate of drug-likeness (QED) is 0.567. The van der Waals surface area contributed by atoms with Gasteiger partial charge in [0.25, 0.3) is 0 Å². The molecule has 2 heteroatoms. The second-order valence-corrected chi connectivity index (χ2v) is 8.92. The molecule has 0 aliphatic carbocycles. The molecule has 12 heavy (non-hydrogen) atoms. The van der Waals surface area contributed by atoms with Crippen molar-refractivity contribution in [3.05, 3.63) is 23.3 Å². The third-order valence-electron chi connectivity index (χ3n) is 1.48. The number of hydrogen-bond acceptors (Lipinski definition) is 1. The molecule has 0 aromatic carbocycles. The van der Waals surface area contributed by atoms with Crippen LogP contribution in [0.25, 0.3) is 0 Å². The summed E-state index contributed by atoms with van der Waals surface area (Å²) >= 11 is -2.24. The molecule has 0 aromatic heterocycles. The van der Waals surface area contributed by atoms with Crippen LogP contribution in [0.5, 0.6) is 0 Å². The molecule has 0 spiro atoms. The average Bonchev–Trinajstić information content (AvgIpc) is 1.96. The molecule has 0 N–H and O–H groups in total. The Bertz CT molecular complexity index is 184. The van der Waals surface area contributed by atoms with Gasteiger partial charge in [0.05, 0.1) is 0 Å². The molecule has 0 aliphatic rings. The second-order valence-electron chi connectivity index (χ2n) is 3.51. The molecule has 0 fully saturated rings. The first-order valence-corrected chi connectivity index (χ1v) is 9.51. The Labute approximate surface area is 82.7 Å². The number of hydrogen-bond donors (Lipinski definition) is 0. The van der Waals surface area contributed by atoms with E-state index in [1.54, 1.807) is 0 Å². The van der Waals surface area contributed by atoms with E-state index in [0.717, 1.165) is 8.87 Å². The van der Waals surface area contributed by atoms with Gasteiger partial charge in [-0.1, -0.05) is 0 Å². The molecule has 1 nitrogen and oxygen atoms in total. The van der Waals surface area contributed by atoms with Gasteiger partial charge in [0.2, 0.25) is 0 Å². The van der Waals surface area contributed by atoms with Crippen molar-refractivity contribution in [1.82, 2.24) is 0 Å². The summed E-state index contributed by atoms with van der Waals surface area (Å²) in [6, 6.07) is 0. The van der Waals surface area contributed by atoms with Gasteiger partial charge in [0, 0.05) is 0 Å². The third-order valence-corrected chi connectivity index (χ3v) is 5.24.